The van der Waals surface area contributed by atoms with Crippen molar-refractivity contribution in [3.8, 4) is 0 Å². The van der Waals surface area contributed by atoms with E-state index in [2.05, 4.69) is 4.72 Å². The number of hydrogen-bond donors (Lipinski definition) is 1. The van der Waals surface area contributed by atoms with Crippen molar-refractivity contribution in [2.24, 2.45) is 0 Å². The fourth-order valence-electron chi connectivity index (χ4n) is 2.39. The number of nitrogens with one attached hydrogen (secondary N) is 1. The van der Waals surface area contributed by atoms with Gasteiger partial charge in [-0.25, -0.2) is 16.8 Å². The Kier molecular flexibility index (Phi) is 5.07. The molecule has 0 heterocycles. The number of rotatable bonds is 4. The second-order valence-corrected chi connectivity index (χ2v) is 9.89. The summed E-state index contributed by atoms with van der Waals surface area (Å²) in [7, 11) is -2.22. The number of hydrogen-bond acceptors (Lipinski definition) is 4. The lowest BCUT2D eigenvalue weighted by Gasteiger charge is -2.22. The number of halogens is 2. The van der Waals surface area contributed by atoms with E-state index in [9.17, 15) is 16.8 Å². The minimum atomic E-state index is -3.95. The van der Waals surface area contributed by atoms with Gasteiger partial charge in [0.2, 0.25) is 10.0 Å². The molecule has 0 unspecified atom stereocenters. The first-order valence-electron chi connectivity index (χ1n) is 6.46. The molecule has 21 heavy (non-hydrogen) atoms. The lowest BCUT2D eigenvalue weighted by molar-refractivity contribution is 0.486. The lowest BCUT2D eigenvalue weighted by atomic mass is 10.0. The maximum Gasteiger partial charge on any atom is 0.262 e. The zero-order chi connectivity index (χ0) is 15.7. The van der Waals surface area contributed by atoms with E-state index in [0.717, 1.165) is 19.3 Å². The molecular weight excluding hydrogens is 357 g/mol. The SMILES string of the molecule is O=S(=O)(Cl)c1ccc(NS(=O)(=O)C2CCCCC2)cc1Cl. The van der Waals surface area contributed by atoms with E-state index >= 15 is 0 Å². The van der Waals surface area contributed by atoms with Gasteiger partial charge in [-0.1, -0.05) is 30.9 Å². The number of sulfonamides is 1. The third kappa shape index (κ3) is 4.25. The molecule has 1 aliphatic rings. The molecular formula is C12H15Cl2NO4S2. The molecule has 0 spiro atoms. The summed E-state index contributed by atoms with van der Waals surface area (Å²) in [4.78, 5) is -0.244. The van der Waals surface area contributed by atoms with Crippen LogP contribution < -0.4 is 4.72 Å². The fourth-order valence-corrected chi connectivity index (χ4v) is 5.49. The fraction of sp³-hybridized carbons (Fsp3) is 0.500. The van der Waals surface area contributed by atoms with Gasteiger partial charge in [0.1, 0.15) is 4.90 Å². The monoisotopic (exact) mass is 371 g/mol. The first kappa shape index (κ1) is 16.9. The van der Waals surface area contributed by atoms with Gasteiger partial charge in [-0.2, -0.15) is 0 Å². The summed E-state index contributed by atoms with van der Waals surface area (Å²) in [5, 5.41) is -0.532. The Morgan fingerprint density at radius 3 is 2.19 bits per heavy atom. The number of anilines is 1. The molecule has 0 radical (unpaired) electrons. The molecule has 0 bridgehead atoms. The van der Waals surface area contributed by atoms with Gasteiger partial charge in [-0.15, -0.1) is 0 Å². The Bertz CT molecular complexity index is 726. The molecule has 1 saturated carbocycles. The van der Waals surface area contributed by atoms with Gasteiger partial charge >= 0.3 is 0 Å². The van der Waals surface area contributed by atoms with Gasteiger partial charge in [0, 0.05) is 10.7 Å². The smallest absolute Gasteiger partial charge is 0.262 e. The van der Waals surface area contributed by atoms with Crippen LogP contribution in [0.1, 0.15) is 32.1 Å². The second-order valence-electron chi connectivity index (χ2n) is 4.99. The maximum atomic E-state index is 12.2. The Hall–Kier alpha value is -0.500. The van der Waals surface area contributed by atoms with E-state index in [1.54, 1.807) is 0 Å². The molecule has 1 N–H and O–H groups in total. The molecule has 1 aromatic rings. The van der Waals surface area contributed by atoms with Crippen LogP contribution >= 0.6 is 22.3 Å². The first-order chi connectivity index (χ1) is 9.70. The van der Waals surface area contributed by atoms with Gasteiger partial charge in [-0.05, 0) is 31.0 Å². The van der Waals surface area contributed by atoms with Crippen LogP contribution in [-0.4, -0.2) is 22.1 Å². The first-order valence-corrected chi connectivity index (χ1v) is 10.7. The van der Waals surface area contributed by atoms with Crippen LogP contribution in [0.25, 0.3) is 0 Å². The van der Waals surface area contributed by atoms with Gasteiger partial charge in [0.25, 0.3) is 9.05 Å². The van der Waals surface area contributed by atoms with Gasteiger partial charge in [0.05, 0.1) is 16.0 Å². The molecule has 0 saturated heterocycles. The van der Waals surface area contributed by atoms with Crippen LogP contribution in [0.5, 0.6) is 0 Å². The van der Waals surface area contributed by atoms with Crippen molar-refractivity contribution in [2.75, 3.05) is 4.72 Å². The van der Waals surface area contributed by atoms with Crippen LogP contribution in [0, 0.1) is 0 Å². The van der Waals surface area contributed by atoms with E-state index in [-0.39, 0.29) is 15.6 Å². The summed E-state index contributed by atoms with van der Waals surface area (Å²) in [5.41, 5.74) is 0.231. The summed E-state index contributed by atoms with van der Waals surface area (Å²) >= 11 is 5.83. The van der Waals surface area contributed by atoms with Crippen molar-refractivity contribution in [3.63, 3.8) is 0 Å². The molecule has 0 amide bonds. The third-order valence-corrected chi connectivity index (χ3v) is 7.12. The predicted octanol–water partition coefficient (Wildman–Crippen LogP) is 3.34. The van der Waals surface area contributed by atoms with Gasteiger partial charge < -0.3 is 0 Å². The zero-order valence-corrected chi connectivity index (χ0v) is 14.2. The van der Waals surface area contributed by atoms with Crippen LogP contribution in [0.2, 0.25) is 5.02 Å². The summed E-state index contributed by atoms with van der Waals surface area (Å²) in [5.74, 6) is 0. The van der Waals surface area contributed by atoms with Gasteiger partial charge in [0.15, 0.2) is 0 Å². The molecule has 1 aromatic carbocycles. The highest BCUT2D eigenvalue weighted by molar-refractivity contribution is 8.13. The molecule has 118 valence electrons. The second kappa shape index (κ2) is 6.32. The summed E-state index contributed by atoms with van der Waals surface area (Å²) < 4.78 is 49.4. The standard InChI is InChI=1S/C12H15Cl2NO4S2/c13-11-8-9(6-7-12(11)20(14,16)17)15-21(18,19)10-4-2-1-3-5-10/h6-8,10,15H,1-5H2. The van der Waals surface area contributed by atoms with Crippen molar-refractivity contribution < 1.29 is 16.8 Å². The molecule has 9 heteroatoms. The molecule has 1 fully saturated rings. The Morgan fingerprint density at radius 1 is 1.05 bits per heavy atom. The van der Waals surface area contributed by atoms with E-state index in [1.807, 2.05) is 0 Å². The topological polar surface area (TPSA) is 80.3 Å². The molecule has 5 nitrogen and oxygen atoms in total. The van der Waals surface area contributed by atoms with Crippen molar-refractivity contribution in [3.05, 3.63) is 23.2 Å². The van der Waals surface area contributed by atoms with E-state index in [4.69, 9.17) is 22.3 Å². The van der Waals surface area contributed by atoms with Gasteiger partial charge in [-0.3, -0.25) is 4.72 Å². The zero-order valence-electron chi connectivity index (χ0n) is 11.1. The van der Waals surface area contributed by atoms with E-state index < -0.39 is 24.3 Å². The van der Waals surface area contributed by atoms with E-state index in [0.29, 0.717) is 12.8 Å². The molecule has 0 aromatic heterocycles. The van der Waals surface area contributed by atoms with Crippen LogP contribution in [0.3, 0.4) is 0 Å². The maximum absolute atomic E-state index is 12.2. The third-order valence-electron chi connectivity index (χ3n) is 3.45. The Balaban J connectivity index is 2.22. The normalized spacial score (nSPS) is 17.6. The Morgan fingerprint density at radius 2 is 1.67 bits per heavy atom. The summed E-state index contributed by atoms with van der Waals surface area (Å²) in [6, 6.07) is 3.77. The van der Waals surface area contributed by atoms with Crippen LogP contribution in [0.15, 0.2) is 23.1 Å². The van der Waals surface area contributed by atoms with Crippen molar-refractivity contribution in [2.45, 2.75) is 42.2 Å². The molecule has 1 aliphatic carbocycles. The van der Waals surface area contributed by atoms with Crippen molar-refractivity contribution >= 4 is 47.0 Å². The van der Waals surface area contributed by atoms with Crippen molar-refractivity contribution in [1.82, 2.24) is 0 Å². The highest BCUT2D eigenvalue weighted by Gasteiger charge is 2.27. The largest absolute Gasteiger partial charge is 0.283 e. The summed E-state index contributed by atoms with van der Waals surface area (Å²) in [6.45, 7) is 0. The average Bonchev–Trinajstić information content (AvgIpc) is 2.37. The minimum Gasteiger partial charge on any atom is -0.283 e. The highest BCUT2D eigenvalue weighted by atomic mass is 35.7. The molecule has 2 rings (SSSR count). The average molecular weight is 372 g/mol. The van der Waals surface area contributed by atoms with Crippen molar-refractivity contribution in [1.29, 1.82) is 0 Å². The predicted molar refractivity (Wildman–Crippen MR) is 83.9 cm³/mol. The lowest BCUT2D eigenvalue weighted by Crippen LogP contribution is -2.29. The van der Waals surface area contributed by atoms with Crippen LogP contribution in [0.4, 0.5) is 5.69 Å². The minimum absolute atomic E-state index is 0.117. The molecule has 0 atom stereocenters. The Labute approximate surface area is 134 Å². The molecule has 0 aliphatic heterocycles. The quantitative estimate of drug-likeness (QED) is 0.822. The van der Waals surface area contributed by atoms with Crippen LogP contribution in [-0.2, 0) is 19.1 Å². The summed E-state index contributed by atoms with van der Waals surface area (Å²) in [6.07, 6.45) is 4.13. The van der Waals surface area contributed by atoms with E-state index in [1.165, 1.54) is 18.2 Å². The highest BCUT2D eigenvalue weighted by Crippen LogP contribution is 2.30. The number of benzene rings is 1.